The molecule has 0 unspecified atom stereocenters. The summed E-state index contributed by atoms with van der Waals surface area (Å²) >= 11 is 0. The summed E-state index contributed by atoms with van der Waals surface area (Å²) in [6.45, 7) is 3.15. The average molecular weight is 161 g/mol. The van der Waals surface area contributed by atoms with Crippen LogP contribution in [0.25, 0.3) is 0 Å². The second-order valence-corrected chi connectivity index (χ2v) is 1.44. The van der Waals surface area contributed by atoms with Crippen LogP contribution in [0.5, 0.6) is 0 Å². The van der Waals surface area contributed by atoms with Crippen LogP contribution in [0.15, 0.2) is 18.7 Å². The molecule has 47 valence electrons. The summed E-state index contributed by atoms with van der Waals surface area (Å²) in [6.07, 6.45) is 5.84. The molecule has 0 aliphatic heterocycles. The van der Waals surface area contributed by atoms with Crippen molar-refractivity contribution in [3.05, 3.63) is 18.7 Å². The van der Waals surface area contributed by atoms with Crippen molar-refractivity contribution in [2.75, 3.05) is 0 Å². The first-order chi connectivity index (χ1) is 3.43. The van der Waals surface area contributed by atoms with E-state index in [4.69, 9.17) is 0 Å². The maximum absolute atomic E-state index is 2.94. The fourth-order valence-electron chi connectivity index (χ4n) is 0.517. The second kappa shape index (κ2) is 3.70. The normalized spacial score (nSPS) is 8.12. The smallest absolute Gasteiger partial charge is 0.250 e. The summed E-state index contributed by atoms with van der Waals surface area (Å²) in [7, 11) is 0. The maximum atomic E-state index is 2.94. The molecule has 0 aliphatic rings. The first-order valence-electron chi connectivity index (χ1n) is 2.45. The van der Waals surface area contributed by atoms with Crippen LogP contribution in [0.1, 0.15) is 6.92 Å². The summed E-state index contributed by atoms with van der Waals surface area (Å²) < 4.78 is 2.07. The van der Waals surface area contributed by atoms with Crippen LogP contribution in [-0.2, 0) is 23.6 Å². The molecule has 1 radical (unpaired) electrons. The molecule has 0 aliphatic carbocycles. The number of aromatic amines is 1. The van der Waals surface area contributed by atoms with Crippen LogP contribution >= 0.6 is 0 Å². The van der Waals surface area contributed by atoms with Gasteiger partial charge in [0.05, 0.1) is 6.54 Å². The SMILES string of the molecule is CCn1cc[nH+]c1.[Cu+2]. The van der Waals surface area contributed by atoms with Gasteiger partial charge in [0.2, 0.25) is 6.33 Å². The Balaban J connectivity index is 0.000000490. The molecule has 0 fully saturated rings. The average Bonchev–Trinajstić information content (AvgIpc) is 2.14. The Morgan fingerprint density at radius 1 is 1.62 bits per heavy atom. The number of nitrogens with zero attached hydrogens (tertiary/aromatic N) is 1. The van der Waals surface area contributed by atoms with Crippen molar-refractivity contribution >= 4 is 0 Å². The van der Waals surface area contributed by atoms with E-state index >= 15 is 0 Å². The van der Waals surface area contributed by atoms with Gasteiger partial charge in [-0.15, -0.1) is 0 Å². The van der Waals surface area contributed by atoms with E-state index in [1.807, 2.05) is 18.7 Å². The van der Waals surface area contributed by atoms with Crippen molar-refractivity contribution in [3.8, 4) is 0 Å². The summed E-state index contributed by atoms with van der Waals surface area (Å²) in [5.74, 6) is 0. The van der Waals surface area contributed by atoms with E-state index in [1.165, 1.54) is 0 Å². The zero-order chi connectivity index (χ0) is 5.11. The summed E-state index contributed by atoms with van der Waals surface area (Å²) in [5, 5.41) is 0. The van der Waals surface area contributed by atoms with Crippen LogP contribution in [0.3, 0.4) is 0 Å². The predicted molar refractivity (Wildman–Crippen MR) is 26.7 cm³/mol. The third-order valence-electron chi connectivity index (χ3n) is 0.968. The van der Waals surface area contributed by atoms with Crippen molar-refractivity contribution in [3.63, 3.8) is 0 Å². The van der Waals surface area contributed by atoms with E-state index in [2.05, 4.69) is 16.5 Å². The topological polar surface area (TPSA) is 19.1 Å². The molecule has 8 heavy (non-hydrogen) atoms. The number of aryl methyl sites for hydroxylation is 1. The zero-order valence-electron chi connectivity index (χ0n) is 4.69. The number of nitrogens with one attached hydrogen (secondary N) is 1. The quantitative estimate of drug-likeness (QED) is 0.528. The van der Waals surface area contributed by atoms with Crippen LogP contribution in [-0.4, -0.2) is 4.57 Å². The minimum atomic E-state index is 0. The molecule has 0 saturated heterocycles. The van der Waals surface area contributed by atoms with Crippen molar-refractivity contribution in [1.29, 1.82) is 0 Å². The van der Waals surface area contributed by atoms with Gasteiger partial charge in [-0.05, 0) is 6.92 Å². The summed E-state index contributed by atoms with van der Waals surface area (Å²) in [5.41, 5.74) is 0. The van der Waals surface area contributed by atoms with Crippen molar-refractivity contribution in [2.24, 2.45) is 0 Å². The molecule has 0 amide bonds. The molecule has 1 aromatic rings. The number of rotatable bonds is 1. The number of H-pyrrole nitrogens is 1. The van der Waals surface area contributed by atoms with Crippen LogP contribution < -0.4 is 4.98 Å². The van der Waals surface area contributed by atoms with Crippen molar-refractivity contribution < 1.29 is 22.1 Å². The van der Waals surface area contributed by atoms with Gasteiger partial charge in [-0.2, -0.15) is 0 Å². The molecule has 1 aromatic heterocycles. The van der Waals surface area contributed by atoms with Gasteiger partial charge in [0.1, 0.15) is 12.4 Å². The minimum Gasteiger partial charge on any atom is -0.250 e. The van der Waals surface area contributed by atoms with Gasteiger partial charge in [0.15, 0.2) is 0 Å². The molecule has 1 N–H and O–H groups in total. The van der Waals surface area contributed by atoms with Gasteiger partial charge < -0.3 is 0 Å². The molecular weight excluding hydrogens is 152 g/mol. The third kappa shape index (κ3) is 1.68. The van der Waals surface area contributed by atoms with E-state index in [-0.39, 0.29) is 17.1 Å². The fourth-order valence-corrected chi connectivity index (χ4v) is 0.517. The standard InChI is InChI=1S/C5H8N2.Cu/c1-2-7-4-3-6-5-7;/h3-5H,2H2,1H3;/q;+2/p+1. The van der Waals surface area contributed by atoms with E-state index in [0.29, 0.717) is 0 Å². The minimum absolute atomic E-state index is 0. The first-order valence-corrected chi connectivity index (χ1v) is 2.45. The number of aromatic nitrogens is 2. The molecule has 0 saturated carbocycles. The van der Waals surface area contributed by atoms with Gasteiger partial charge >= 0.3 is 17.1 Å². The molecule has 0 spiro atoms. The summed E-state index contributed by atoms with van der Waals surface area (Å²) in [4.78, 5) is 2.94. The Morgan fingerprint density at radius 2 is 2.38 bits per heavy atom. The molecule has 0 aromatic carbocycles. The van der Waals surface area contributed by atoms with Crippen molar-refractivity contribution in [1.82, 2.24) is 4.57 Å². The van der Waals surface area contributed by atoms with Gasteiger partial charge in [0.25, 0.3) is 0 Å². The summed E-state index contributed by atoms with van der Waals surface area (Å²) in [6, 6.07) is 0. The number of hydrogen-bond acceptors (Lipinski definition) is 0. The Morgan fingerprint density at radius 3 is 2.62 bits per heavy atom. The molecular formula is C5H9CuN2+3. The Bertz CT molecular complexity index is 125. The van der Waals surface area contributed by atoms with E-state index < -0.39 is 0 Å². The van der Waals surface area contributed by atoms with Crippen LogP contribution in [0, 0.1) is 0 Å². The Hall–Kier alpha value is -0.271. The third-order valence-corrected chi connectivity index (χ3v) is 0.968. The van der Waals surface area contributed by atoms with Gasteiger partial charge in [0, 0.05) is 0 Å². The Labute approximate surface area is 59.4 Å². The number of hydrogen-bond donors (Lipinski definition) is 0. The largest absolute Gasteiger partial charge is 2.00 e. The molecule has 0 atom stereocenters. The van der Waals surface area contributed by atoms with Crippen LogP contribution in [0.2, 0.25) is 0 Å². The van der Waals surface area contributed by atoms with Gasteiger partial charge in [-0.3, -0.25) is 4.98 Å². The van der Waals surface area contributed by atoms with E-state index in [0.717, 1.165) is 6.54 Å². The number of imidazole rings is 1. The monoisotopic (exact) mass is 160 g/mol. The van der Waals surface area contributed by atoms with Gasteiger partial charge in [-0.25, -0.2) is 4.57 Å². The van der Waals surface area contributed by atoms with E-state index in [9.17, 15) is 0 Å². The van der Waals surface area contributed by atoms with E-state index in [1.54, 1.807) is 0 Å². The van der Waals surface area contributed by atoms with Crippen LogP contribution in [0.4, 0.5) is 0 Å². The molecule has 2 nitrogen and oxygen atoms in total. The molecule has 0 bridgehead atoms. The molecule has 1 heterocycles. The maximum Gasteiger partial charge on any atom is 2.00 e. The van der Waals surface area contributed by atoms with Gasteiger partial charge in [-0.1, -0.05) is 0 Å². The predicted octanol–water partition coefficient (Wildman–Crippen LogP) is 0.320. The van der Waals surface area contributed by atoms with Crippen molar-refractivity contribution in [2.45, 2.75) is 13.5 Å². The first kappa shape index (κ1) is 7.73. The Kier molecular flexibility index (Phi) is 3.57. The second-order valence-electron chi connectivity index (χ2n) is 1.44. The molecule has 3 heteroatoms. The molecule has 1 rings (SSSR count). The zero-order valence-corrected chi connectivity index (χ0v) is 5.63. The fraction of sp³-hybridized carbons (Fsp3) is 0.400.